The number of fused-ring (bicyclic) bond motifs is 9. The van der Waals surface area contributed by atoms with E-state index in [4.69, 9.17) is 15.0 Å². The van der Waals surface area contributed by atoms with Gasteiger partial charge in [0.1, 0.15) is 11.5 Å². The number of aliphatic hydroxyl groups is 3. The molecule has 5 aromatic rings. The maximum atomic E-state index is 16.1. The van der Waals surface area contributed by atoms with Crippen molar-refractivity contribution < 1.29 is 39.9 Å². The molecule has 3 aromatic carbocycles. The third kappa shape index (κ3) is 9.53. The highest BCUT2D eigenvalue weighted by Gasteiger charge is 2.48. The Morgan fingerprint density at radius 3 is 2.51 bits per heavy atom. The first-order valence-electron chi connectivity index (χ1n) is 27.0. The minimum absolute atomic E-state index is 0.0124. The van der Waals surface area contributed by atoms with E-state index in [0.717, 1.165) is 90.3 Å². The summed E-state index contributed by atoms with van der Waals surface area (Å²) in [5, 5.41) is 68.3. The molecular weight excluding hydrogens is 929 g/mol. The number of phenolic OH excluding ortho intramolecular Hbond substituents is 2. The highest BCUT2D eigenvalue weighted by Crippen LogP contribution is 2.51. The van der Waals surface area contributed by atoms with Crippen LogP contribution < -0.4 is 15.0 Å². The molecule has 6 aliphatic rings. The minimum Gasteiger partial charge on any atom is -0.664 e. The predicted octanol–water partition coefficient (Wildman–Crippen LogP) is 8.95. The molecule has 11 rings (SSSR count). The summed E-state index contributed by atoms with van der Waals surface area (Å²) < 4.78 is 6.55. The predicted molar refractivity (Wildman–Crippen MR) is 285 cm³/mol. The van der Waals surface area contributed by atoms with Gasteiger partial charge in [-0.15, -0.1) is 5.69 Å². The third-order valence-electron chi connectivity index (χ3n) is 17.4. The molecule has 386 valence electrons. The van der Waals surface area contributed by atoms with Crippen molar-refractivity contribution >= 4 is 29.5 Å². The van der Waals surface area contributed by atoms with Crippen LogP contribution in [0.2, 0.25) is 0 Å². The van der Waals surface area contributed by atoms with Crippen LogP contribution in [-0.2, 0) is 40.7 Å². The van der Waals surface area contributed by atoms with E-state index in [1.165, 1.54) is 0 Å². The molecule has 5 bridgehead atoms. The number of rotatable bonds is 8. The average molecular weight is 997 g/mol. The van der Waals surface area contributed by atoms with Crippen LogP contribution in [0.5, 0.6) is 17.2 Å². The number of ether oxygens (including phenoxy) is 1. The Labute approximate surface area is 433 Å². The second-order valence-corrected chi connectivity index (χ2v) is 22.1. The summed E-state index contributed by atoms with van der Waals surface area (Å²) >= 11 is 0. The van der Waals surface area contributed by atoms with Crippen molar-refractivity contribution in [2.24, 2.45) is 17.8 Å². The fourth-order valence-electron chi connectivity index (χ4n) is 13.6. The first-order chi connectivity index (χ1) is 35.9. The molecule has 2 saturated carbocycles. The van der Waals surface area contributed by atoms with Crippen LogP contribution in [0.1, 0.15) is 139 Å². The number of aliphatic hydroxyl groups excluding tert-OH is 2. The van der Waals surface area contributed by atoms with E-state index in [0.29, 0.717) is 66.2 Å². The van der Waals surface area contributed by atoms with Crippen LogP contribution in [0.3, 0.4) is 0 Å². The quantitative estimate of drug-likeness (QED) is 0.0582. The second kappa shape index (κ2) is 20.7. The normalized spacial score (nSPS) is 26.6. The van der Waals surface area contributed by atoms with E-state index in [9.17, 15) is 25.5 Å². The Bertz CT molecular complexity index is 3050. The lowest BCUT2D eigenvalue weighted by Gasteiger charge is -2.42. The number of aromatic nitrogens is 2. The smallest absolute Gasteiger partial charge is 0.161 e. The van der Waals surface area contributed by atoms with Gasteiger partial charge in [-0.1, -0.05) is 109 Å². The summed E-state index contributed by atoms with van der Waals surface area (Å²) in [7, 11) is 1.86. The van der Waals surface area contributed by atoms with Crippen molar-refractivity contribution in [1.82, 2.24) is 15.3 Å². The molecule has 2 fully saturated rings. The standard InChI is InChI=1S/C62H68N4O8/c1-63-36-41-13-15-51-48-34-52-46(20-27-64-52)49(35-61(73)24-17-39-7-6-10-53(68)45(39)18-25-61)56(48)58(71)47(21-28-67)54(69)16-12-38-31-43(57(70)55(32-38)74-44-8-2-3-9-44)30-37-11-14-50(62(59(41)72)22-4-5-23-62)42(29-37)33-40-19-26-65-60(40)66-51/h6-7,10-11,14,18-20,25-27,29,31-32,34,41,44,47,49,51,56,59,63,65,67-68,70,72-73H,2-5,8-9,12,16-17,21-24,28,30,33,35-36H2,1H3/q-2/t41-,47-,49-,51-,56-,59-,61-/m0/s1. The molecule has 0 unspecified atom stereocenters. The number of aryl methyl sites for hydroxylation is 2. The van der Waals surface area contributed by atoms with Gasteiger partial charge in [-0.25, -0.2) is 0 Å². The number of phenols is 2. The number of Topliss-reactive ketones (excluding diaryl/α,β-unsaturated/α-hetero) is 2. The lowest BCUT2D eigenvalue weighted by molar-refractivity contribution is -0.135. The number of carbonyl (C=O) groups is 2. The van der Waals surface area contributed by atoms with Crippen LogP contribution in [0.4, 0.5) is 5.82 Å². The number of H-pyrrole nitrogens is 1. The molecule has 12 heteroatoms. The van der Waals surface area contributed by atoms with Crippen LogP contribution in [-0.4, -0.2) is 86.1 Å². The van der Waals surface area contributed by atoms with Crippen LogP contribution in [0.15, 0.2) is 84.7 Å². The number of ketones is 2. The number of carbonyl (C=O) groups excluding carboxylic acids is 2. The number of nitrogens with zero attached hydrogens (tertiary/aromatic N) is 2. The van der Waals surface area contributed by atoms with E-state index in [2.05, 4.69) is 40.3 Å². The Morgan fingerprint density at radius 1 is 0.878 bits per heavy atom. The fraction of sp³-hybridized carbons (Fsp3) is 0.452. The van der Waals surface area contributed by atoms with Gasteiger partial charge in [0.2, 0.25) is 0 Å². The van der Waals surface area contributed by atoms with Gasteiger partial charge in [-0.05, 0) is 141 Å². The van der Waals surface area contributed by atoms with Gasteiger partial charge in [0.15, 0.2) is 17.3 Å². The third-order valence-corrected chi connectivity index (χ3v) is 17.4. The molecular formula is C62H68N4O8-2. The number of hydrogen-bond acceptors (Lipinski definition) is 9. The largest absolute Gasteiger partial charge is 0.664 e. The molecule has 12 nitrogen and oxygen atoms in total. The number of hydrogen-bond donors (Lipinski definition) is 7. The van der Waals surface area contributed by atoms with Crippen molar-refractivity contribution in [3.63, 3.8) is 0 Å². The van der Waals surface area contributed by atoms with Gasteiger partial charge in [-0.3, -0.25) is 9.59 Å². The molecule has 0 amide bonds. The van der Waals surface area contributed by atoms with E-state index < -0.39 is 59.2 Å². The Balaban J connectivity index is 1.11. The molecule has 2 aliphatic heterocycles. The summed E-state index contributed by atoms with van der Waals surface area (Å²) in [6.45, 7) is -0.0299. The zero-order valence-electron chi connectivity index (χ0n) is 42.3. The Morgan fingerprint density at radius 2 is 1.70 bits per heavy atom. The summed E-state index contributed by atoms with van der Waals surface area (Å²) in [5.41, 5.74) is 6.82. The van der Waals surface area contributed by atoms with Crippen LogP contribution >= 0.6 is 0 Å². The van der Waals surface area contributed by atoms with Crippen molar-refractivity contribution in [2.45, 2.75) is 138 Å². The number of benzene rings is 3. The molecule has 7 N–H and O–H groups in total. The first kappa shape index (κ1) is 49.8. The summed E-state index contributed by atoms with van der Waals surface area (Å²) in [5.74, 6) is 3.99. The van der Waals surface area contributed by atoms with Crippen molar-refractivity contribution in [1.29, 1.82) is 0 Å². The van der Waals surface area contributed by atoms with Crippen molar-refractivity contribution in [2.75, 3.05) is 20.2 Å². The van der Waals surface area contributed by atoms with E-state index in [1.807, 2.05) is 49.7 Å². The van der Waals surface area contributed by atoms with Gasteiger partial charge in [-0.2, -0.15) is 6.20 Å². The van der Waals surface area contributed by atoms with E-state index >= 15 is 9.59 Å². The van der Waals surface area contributed by atoms with Crippen molar-refractivity contribution in [3.05, 3.63) is 146 Å². The molecule has 4 heterocycles. The number of aromatic hydroxyl groups is 2. The zero-order valence-corrected chi connectivity index (χ0v) is 42.3. The monoisotopic (exact) mass is 997 g/mol. The molecule has 0 radical (unpaired) electrons. The molecule has 0 saturated heterocycles. The summed E-state index contributed by atoms with van der Waals surface area (Å²) in [6, 6.07) is 18.6. The van der Waals surface area contributed by atoms with E-state index in [-0.39, 0.29) is 49.1 Å². The van der Waals surface area contributed by atoms with Gasteiger partial charge < -0.3 is 50.9 Å². The van der Waals surface area contributed by atoms with Gasteiger partial charge >= 0.3 is 0 Å². The minimum atomic E-state index is -1.46. The first-order valence-corrected chi connectivity index (χ1v) is 27.0. The molecule has 7 atom stereocenters. The lowest BCUT2D eigenvalue weighted by Crippen LogP contribution is -2.45. The van der Waals surface area contributed by atoms with Crippen molar-refractivity contribution in [3.8, 4) is 29.1 Å². The van der Waals surface area contributed by atoms with Crippen LogP contribution in [0, 0.1) is 29.6 Å². The fourth-order valence-corrected chi connectivity index (χ4v) is 13.6. The Kier molecular flexibility index (Phi) is 14.0. The topological polar surface area (TPSA) is 201 Å². The second-order valence-electron chi connectivity index (χ2n) is 22.1. The number of nitrogens with one attached hydrogen (secondary N) is 2. The molecule has 74 heavy (non-hydrogen) atoms. The maximum Gasteiger partial charge on any atom is 0.161 e. The van der Waals surface area contributed by atoms with Gasteiger partial charge in [0.05, 0.1) is 29.6 Å². The molecule has 1 spiro atoms. The zero-order chi connectivity index (χ0) is 51.1. The van der Waals surface area contributed by atoms with Crippen LogP contribution in [0.25, 0.3) is 17.5 Å². The SMILES string of the molecule is CNC[C@@H]1C#C[C@@H]2[N-]c3[nH]ccc3Cc3cc(ccc3C3(CCCC3)[C@H]1O)Cc1cc(cc(OC3CCCC3)c1O)CCC(=O)[C@H](CCO)C(=O)[C@H]1C2=Cc2[n-]ccc2[C@@H]1C[C@@]1(O)C=Cc2c(O)cccc2CC1. The molecule has 4 aliphatic carbocycles. The lowest BCUT2D eigenvalue weighted by atomic mass is 9.65. The van der Waals surface area contributed by atoms with E-state index in [1.54, 1.807) is 30.5 Å². The van der Waals surface area contributed by atoms with Gasteiger partial charge in [0, 0.05) is 54.5 Å². The summed E-state index contributed by atoms with van der Waals surface area (Å²) in [4.78, 5) is 39.4. The average Bonchev–Trinajstić information content (AvgIpc) is 4.25. The summed E-state index contributed by atoms with van der Waals surface area (Å²) in [6.07, 6.45) is 17.2. The Hall–Kier alpha value is -6.36. The highest BCUT2D eigenvalue weighted by molar-refractivity contribution is 6.05. The highest BCUT2D eigenvalue weighted by atomic mass is 16.5. The molecule has 2 aromatic heterocycles. The number of aromatic amines is 1. The maximum absolute atomic E-state index is 16.1. The van der Waals surface area contributed by atoms with Gasteiger partial charge in [0.25, 0.3) is 0 Å².